The van der Waals surface area contributed by atoms with E-state index in [0.29, 0.717) is 18.2 Å². The van der Waals surface area contributed by atoms with Gasteiger partial charge in [0.2, 0.25) is 5.95 Å². The van der Waals surface area contributed by atoms with Gasteiger partial charge in [0.15, 0.2) is 0 Å². The molecule has 0 amide bonds. The Hall–Kier alpha value is -2.37. The molecule has 0 saturated heterocycles. The number of carboxylic acid groups (broad SMARTS) is 1. The van der Waals surface area contributed by atoms with E-state index in [4.69, 9.17) is 9.52 Å². The smallest absolute Gasteiger partial charge is 0.339 e. The summed E-state index contributed by atoms with van der Waals surface area (Å²) in [5.41, 5.74) is 1.62. The van der Waals surface area contributed by atoms with Gasteiger partial charge in [0, 0.05) is 25.4 Å². The molecule has 0 bridgehead atoms. The fourth-order valence-corrected chi connectivity index (χ4v) is 1.75. The molecule has 1 N–H and O–H groups in total. The first-order valence-corrected chi connectivity index (χ1v) is 5.80. The van der Waals surface area contributed by atoms with E-state index in [-0.39, 0.29) is 5.56 Å². The number of hydrogen-bond acceptors (Lipinski definition) is 5. The van der Waals surface area contributed by atoms with Crippen LogP contribution in [0.2, 0.25) is 0 Å². The summed E-state index contributed by atoms with van der Waals surface area (Å²) in [6, 6.07) is 1.89. The van der Waals surface area contributed by atoms with E-state index in [9.17, 15) is 4.79 Å². The summed E-state index contributed by atoms with van der Waals surface area (Å²) in [5.74, 6) is 0.325. The van der Waals surface area contributed by atoms with Crippen LogP contribution in [0.15, 0.2) is 22.9 Å². The predicted molar refractivity (Wildman–Crippen MR) is 69.3 cm³/mol. The minimum absolute atomic E-state index is 0.122. The number of aromatic carboxylic acids is 1. The summed E-state index contributed by atoms with van der Waals surface area (Å²) >= 11 is 0. The molecule has 2 aromatic heterocycles. The van der Waals surface area contributed by atoms with E-state index < -0.39 is 5.97 Å². The molecule has 19 heavy (non-hydrogen) atoms. The van der Waals surface area contributed by atoms with Gasteiger partial charge in [-0.05, 0) is 19.9 Å². The van der Waals surface area contributed by atoms with Gasteiger partial charge in [0.05, 0.1) is 17.5 Å². The second kappa shape index (κ2) is 5.09. The highest BCUT2D eigenvalue weighted by Crippen LogP contribution is 2.15. The zero-order chi connectivity index (χ0) is 14.0. The van der Waals surface area contributed by atoms with Crippen LogP contribution in [0.25, 0.3) is 0 Å². The number of rotatable bonds is 4. The third-order valence-corrected chi connectivity index (χ3v) is 2.91. The predicted octanol–water partition coefficient (Wildman–Crippen LogP) is 2.02. The third-order valence-electron chi connectivity index (χ3n) is 2.91. The molecule has 0 aromatic carbocycles. The minimum Gasteiger partial charge on any atom is -0.478 e. The van der Waals surface area contributed by atoms with Crippen LogP contribution in [0.4, 0.5) is 5.95 Å². The van der Waals surface area contributed by atoms with Gasteiger partial charge in [0.25, 0.3) is 0 Å². The molecule has 2 aromatic rings. The van der Waals surface area contributed by atoms with Crippen molar-refractivity contribution in [1.29, 1.82) is 0 Å². The average Bonchev–Trinajstić information content (AvgIpc) is 2.74. The maximum Gasteiger partial charge on any atom is 0.339 e. The van der Waals surface area contributed by atoms with E-state index in [1.54, 1.807) is 13.2 Å². The molecule has 6 heteroatoms. The van der Waals surface area contributed by atoms with Gasteiger partial charge in [-0.2, -0.15) is 0 Å². The standard InChI is InChI=1S/C13H15N3O3/c1-8-11(12(17)18)6-14-13(15-8)16(3)7-10-4-5-19-9(10)2/h4-6H,7H2,1-3H3,(H,17,18). The molecule has 0 aliphatic heterocycles. The molecule has 0 unspecified atom stereocenters. The fraction of sp³-hybridized carbons (Fsp3) is 0.308. The van der Waals surface area contributed by atoms with Crippen LogP contribution in [0, 0.1) is 13.8 Å². The van der Waals surface area contributed by atoms with Crippen molar-refractivity contribution in [3.63, 3.8) is 0 Å². The normalized spacial score (nSPS) is 10.5. The summed E-state index contributed by atoms with van der Waals surface area (Å²) in [5, 5.41) is 8.93. The monoisotopic (exact) mass is 261 g/mol. The summed E-state index contributed by atoms with van der Waals surface area (Å²) in [6.07, 6.45) is 2.97. The van der Waals surface area contributed by atoms with Crippen LogP contribution in [-0.4, -0.2) is 28.1 Å². The van der Waals surface area contributed by atoms with Crippen molar-refractivity contribution in [2.75, 3.05) is 11.9 Å². The van der Waals surface area contributed by atoms with Crippen LogP contribution >= 0.6 is 0 Å². The summed E-state index contributed by atoms with van der Waals surface area (Å²) in [4.78, 5) is 21.0. The Bertz CT molecular complexity index is 607. The second-order valence-electron chi connectivity index (χ2n) is 4.33. The lowest BCUT2D eigenvalue weighted by Gasteiger charge is -2.17. The van der Waals surface area contributed by atoms with Crippen molar-refractivity contribution in [2.45, 2.75) is 20.4 Å². The minimum atomic E-state index is -1.02. The molecule has 0 atom stereocenters. The molecule has 0 fully saturated rings. The van der Waals surface area contributed by atoms with Crippen LogP contribution in [0.1, 0.15) is 27.4 Å². The van der Waals surface area contributed by atoms with Gasteiger partial charge >= 0.3 is 5.97 Å². The Labute approximate surface area is 110 Å². The maximum atomic E-state index is 10.9. The Morgan fingerprint density at radius 2 is 2.21 bits per heavy atom. The molecule has 0 spiro atoms. The molecule has 2 rings (SSSR count). The van der Waals surface area contributed by atoms with Crippen LogP contribution in [-0.2, 0) is 6.54 Å². The van der Waals surface area contributed by atoms with E-state index >= 15 is 0 Å². The van der Waals surface area contributed by atoms with Crippen LogP contribution < -0.4 is 4.90 Å². The van der Waals surface area contributed by atoms with Gasteiger partial charge < -0.3 is 14.4 Å². The summed E-state index contributed by atoms with van der Waals surface area (Å²) < 4.78 is 5.23. The Morgan fingerprint density at radius 1 is 1.47 bits per heavy atom. The number of carboxylic acids is 1. The lowest BCUT2D eigenvalue weighted by Crippen LogP contribution is -2.20. The first-order valence-electron chi connectivity index (χ1n) is 5.80. The quantitative estimate of drug-likeness (QED) is 0.907. The van der Waals surface area contributed by atoms with Gasteiger partial charge in [-0.15, -0.1) is 0 Å². The zero-order valence-electron chi connectivity index (χ0n) is 11.0. The average molecular weight is 261 g/mol. The summed E-state index contributed by atoms with van der Waals surface area (Å²) in [6.45, 7) is 4.16. The van der Waals surface area contributed by atoms with Crippen molar-refractivity contribution in [3.8, 4) is 0 Å². The van der Waals surface area contributed by atoms with E-state index in [1.807, 2.05) is 24.9 Å². The second-order valence-corrected chi connectivity index (χ2v) is 4.33. The van der Waals surface area contributed by atoms with Gasteiger partial charge in [-0.1, -0.05) is 0 Å². The first kappa shape index (κ1) is 13.1. The van der Waals surface area contributed by atoms with Crippen molar-refractivity contribution in [3.05, 3.63) is 41.1 Å². The molecule has 0 aliphatic carbocycles. The Morgan fingerprint density at radius 3 is 2.74 bits per heavy atom. The third kappa shape index (κ3) is 2.73. The Kier molecular flexibility index (Phi) is 3.50. The highest BCUT2D eigenvalue weighted by molar-refractivity contribution is 5.88. The van der Waals surface area contributed by atoms with E-state index in [1.165, 1.54) is 6.20 Å². The van der Waals surface area contributed by atoms with Crippen molar-refractivity contribution in [1.82, 2.24) is 9.97 Å². The lowest BCUT2D eigenvalue weighted by atomic mass is 10.2. The van der Waals surface area contributed by atoms with Crippen molar-refractivity contribution >= 4 is 11.9 Å². The highest BCUT2D eigenvalue weighted by Gasteiger charge is 2.13. The van der Waals surface area contributed by atoms with Crippen LogP contribution in [0.5, 0.6) is 0 Å². The highest BCUT2D eigenvalue weighted by atomic mass is 16.4. The molecule has 0 saturated carbocycles. The number of furan rings is 1. The number of anilines is 1. The van der Waals surface area contributed by atoms with Gasteiger partial charge in [-0.3, -0.25) is 0 Å². The van der Waals surface area contributed by atoms with Crippen molar-refractivity contribution < 1.29 is 14.3 Å². The molecular formula is C13H15N3O3. The molecule has 0 aliphatic rings. The molecule has 6 nitrogen and oxygen atoms in total. The number of hydrogen-bond donors (Lipinski definition) is 1. The molecule has 2 heterocycles. The number of carbonyl (C=O) groups is 1. The maximum absolute atomic E-state index is 10.9. The van der Waals surface area contributed by atoms with Gasteiger partial charge in [0.1, 0.15) is 5.76 Å². The lowest BCUT2D eigenvalue weighted by molar-refractivity contribution is 0.0695. The Balaban J connectivity index is 2.20. The fourth-order valence-electron chi connectivity index (χ4n) is 1.75. The topological polar surface area (TPSA) is 79.5 Å². The van der Waals surface area contributed by atoms with E-state index in [0.717, 1.165) is 11.3 Å². The molecule has 0 radical (unpaired) electrons. The number of aryl methyl sites for hydroxylation is 2. The van der Waals surface area contributed by atoms with Crippen molar-refractivity contribution in [2.24, 2.45) is 0 Å². The molecule has 100 valence electrons. The van der Waals surface area contributed by atoms with Gasteiger partial charge in [-0.25, -0.2) is 14.8 Å². The largest absolute Gasteiger partial charge is 0.478 e. The zero-order valence-corrected chi connectivity index (χ0v) is 11.0. The number of nitrogens with zero attached hydrogens (tertiary/aromatic N) is 3. The van der Waals surface area contributed by atoms with E-state index in [2.05, 4.69) is 9.97 Å². The number of aromatic nitrogens is 2. The first-order chi connectivity index (χ1) is 8.99. The summed E-state index contributed by atoms with van der Waals surface area (Å²) in [7, 11) is 1.85. The SMILES string of the molecule is Cc1nc(N(C)Cc2ccoc2C)ncc1C(=O)O. The molecular weight excluding hydrogens is 246 g/mol. The van der Waals surface area contributed by atoms with Crippen LogP contribution in [0.3, 0.4) is 0 Å².